The number of hydrogen-bond donors (Lipinski definition) is 1. The lowest BCUT2D eigenvalue weighted by Gasteiger charge is -2.22. The number of esters is 1. The summed E-state index contributed by atoms with van der Waals surface area (Å²) in [6.07, 6.45) is 4.67. The van der Waals surface area contributed by atoms with Gasteiger partial charge >= 0.3 is 5.97 Å². The van der Waals surface area contributed by atoms with Gasteiger partial charge in [-0.3, -0.25) is 4.79 Å². The number of nitrogens with zero attached hydrogens (tertiary/aromatic N) is 1. The number of hydrogen-bond acceptors (Lipinski definition) is 7. The van der Waals surface area contributed by atoms with Gasteiger partial charge in [0.1, 0.15) is 15.3 Å². The monoisotopic (exact) mass is 488 g/mol. The Kier molecular flexibility index (Phi) is 6.23. The highest BCUT2D eigenvalue weighted by molar-refractivity contribution is 7.91. The Bertz CT molecular complexity index is 1090. The first-order valence-corrected chi connectivity index (χ1v) is 13.1. The molecule has 1 saturated heterocycles. The summed E-state index contributed by atoms with van der Waals surface area (Å²) >= 11 is 8.26. The molecule has 0 radical (unpaired) electrons. The fourth-order valence-electron chi connectivity index (χ4n) is 4.01. The molecule has 2 aliphatic rings. The molecule has 162 valence electrons. The van der Waals surface area contributed by atoms with E-state index in [-0.39, 0.29) is 10.8 Å². The zero-order valence-corrected chi connectivity index (χ0v) is 19.5. The standard InChI is InChI=1S/C19H21ClN2O5S3/c1-27-19(24)16-11-5-2-3-7-13(11)28-18(16)21-17(23)12-6-4-10-22(12)30(25,26)15-9-8-14(20)29-15/h8-9,12H,2-7,10H2,1H3,(H,21,23). The third-order valence-corrected chi connectivity index (χ3v) is 10.2. The number of thiophene rings is 2. The Morgan fingerprint density at radius 2 is 1.97 bits per heavy atom. The van der Waals surface area contributed by atoms with E-state index in [2.05, 4.69) is 5.32 Å². The zero-order chi connectivity index (χ0) is 21.5. The maximum atomic E-state index is 13.1. The SMILES string of the molecule is COC(=O)c1c(NC(=O)C2CCCN2S(=O)(=O)c2ccc(Cl)s2)sc2c1CCCC2. The van der Waals surface area contributed by atoms with Crippen molar-refractivity contribution >= 4 is 61.2 Å². The summed E-state index contributed by atoms with van der Waals surface area (Å²) in [5.41, 5.74) is 1.35. The van der Waals surface area contributed by atoms with Gasteiger partial charge in [-0.2, -0.15) is 4.31 Å². The van der Waals surface area contributed by atoms with Gasteiger partial charge in [0.15, 0.2) is 0 Å². The Morgan fingerprint density at radius 1 is 1.20 bits per heavy atom. The highest BCUT2D eigenvalue weighted by Crippen LogP contribution is 2.39. The molecule has 1 aliphatic carbocycles. The van der Waals surface area contributed by atoms with Crippen LogP contribution in [-0.2, 0) is 32.4 Å². The van der Waals surface area contributed by atoms with Gasteiger partial charge in [-0.15, -0.1) is 22.7 Å². The number of ether oxygens (including phenoxy) is 1. The third-order valence-electron chi connectivity index (χ3n) is 5.42. The summed E-state index contributed by atoms with van der Waals surface area (Å²) in [5, 5.41) is 3.28. The van der Waals surface area contributed by atoms with Gasteiger partial charge in [0.05, 0.1) is 17.0 Å². The molecule has 1 amide bonds. The number of halogens is 1. The first-order chi connectivity index (χ1) is 14.3. The quantitative estimate of drug-likeness (QED) is 0.644. The second kappa shape index (κ2) is 8.58. The van der Waals surface area contributed by atoms with E-state index in [9.17, 15) is 18.0 Å². The highest BCUT2D eigenvalue weighted by Gasteiger charge is 2.41. The van der Waals surface area contributed by atoms with E-state index in [1.165, 1.54) is 34.9 Å². The first-order valence-electron chi connectivity index (χ1n) is 9.64. The topological polar surface area (TPSA) is 92.8 Å². The van der Waals surface area contributed by atoms with Crippen molar-refractivity contribution in [1.82, 2.24) is 4.31 Å². The predicted octanol–water partition coefficient (Wildman–Crippen LogP) is 3.92. The van der Waals surface area contributed by atoms with Gasteiger partial charge < -0.3 is 10.1 Å². The molecule has 0 spiro atoms. The van der Waals surface area contributed by atoms with E-state index < -0.39 is 27.9 Å². The number of carbonyl (C=O) groups excluding carboxylic acids is 2. The molecule has 1 atom stereocenters. The number of anilines is 1. The second-order valence-electron chi connectivity index (χ2n) is 7.23. The predicted molar refractivity (Wildman–Crippen MR) is 117 cm³/mol. The minimum Gasteiger partial charge on any atom is -0.465 e. The maximum absolute atomic E-state index is 13.1. The largest absolute Gasteiger partial charge is 0.465 e. The van der Waals surface area contributed by atoms with Crippen molar-refractivity contribution in [1.29, 1.82) is 0 Å². The lowest BCUT2D eigenvalue weighted by Crippen LogP contribution is -2.42. The van der Waals surface area contributed by atoms with E-state index in [0.29, 0.717) is 27.7 Å². The number of methoxy groups -OCH3 is 1. The van der Waals surface area contributed by atoms with Gasteiger partial charge in [-0.1, -0.05) is 11.6 Å². The molecule has 1 aliphatic heterocycles. The van der Waals surface area contributed by atoms with Crippen molar-refractivity contribution in [2.24, 2.45) is 0 Å². The molecule has 0 bridgehead atoms. The summed E-state index contributed by atoms with van der Waals surface area (Å²) in [6.45, 7) is 0.265. The fraction of sp³-hybridized carbons (Fsp3) is 0.474. The number of sulfonamides is 1. The van der Waals surface area contributed by atoms with Gasteiger partial charge in [0, 0.05) is 11.4 Å². The number of carbonyl (C=O) groups is 2. The van der Waals surface area contributed by atoms with Crippen LogP contribution < -0.4 is 5.32 Å². The van der Waals surface area contributed by atoms with E-state index in [4.69, 9.17) is 16.3 Å². The van der Waals surface area contributed by atoms with Crippen molar-refractivity contribution in [3.05, 3.63) is 32.5 Å². The molecule has 0 saturated carbocycles. The van der Waals surface area contributed by atoms with E-state index in [1.54, 1.807) is 0 Å². The van der Waals surface area contributed by atoms with Crippen LogP contribution in [0.15, 0.2) is 16.3 Å². The van der Waals surface area contributed by atoms with Crippen LogP contribution in [0.3, 0.4) is 0 Å². The number of fused-ring (bicyclic) bond motifs is 1. The average Bonchev–Trinajstić information content (AvgIpc) is 3.45. The zero-order valence-electron chi connectivity index (χ0n) is 16.3. The third kappa shape index (κ3) is 3.91. The Labute approximate surface area is 188 Å². The molecule has 0 aromatic carbocycles. The molecular formula is C19H21ClN2O5S3. The molecule has 1 N–H and O–H groups in total. The van der Waals surface area contributed by atoms with Crippen LogP contribution in [0.1, 0.15) is 46.5 Å². The lowest BCUT2D eigenvalue weighted by atomic mass is 9.95. The normalized spacial score (nSPS) is 19.5. The van der Waals surface area contributed by atoms with Gasteiger partial charge in [0.2, 0.25) is 5.91 Å². The van der Waals surface area contributed by atoms with Crippen molar-refractivity contribution in [3.8, 4) is 0 Å². The van der Waals surface area contributed by atoms with E-state index >= 15 is 0 Å². The summed E-state index contributed by atoms with van der Waals surface area (Å²) in [6, 6.07) is 2.15. The van der Waals surface area contributed by atoms with Crippen molar-refractivity contribution in [2.75, 3.05) is 19.0 Å². The number of aryl methyl sites for hydroxylation is 1. The molecule has 3 heterocycles. The molecule has 30 heavy (non-hydrogen) atoms. The van der Waals surface area contributed by atoms with Crippen LogP contribution in [0.25, 0.3) is 0 Å². The van der Waals surface area contributed by atoms with Gasteiger partial charge in [0.25, 0.3) is 10.0 Å². The van der Waals surface area contributed by atoms with Crippen LogP contribution >= 0.6 is 34.3 Å². The van der Waals surface area contributed by atoms with Crippen LogP contribution in [-0.4, -0.2) is 44.3 Å². The Hall–Kier alpha value is -1.46. The summed E-state index contributed by atoms with van der Waals surface area (Å²) in [4.78, 5) is 26.6. The smallest absolute Gasteiger partial charge is 0.341 e. The Balaban J connectivity index is 1.61. The van der Waals surface area contributed by atoms with E-state index in [0.717, 1.165) is 47.5 Å². The average molecular weight is 489 g/mol. The van der Waals surface area contributed by atoms with Crippen molar-refractivity contribution in [2.45, 2.75) is 48.8 Å². The molecular weight excluding hydrogens is 468 g/mol. The molecule has 1 fully saturated rings. The number of rotatable bonds is 5. The molecule has 2 aromatic rings. The maximum Gasteiger partial charge on any atom is 0.341 e. The van der Waals surface area contributed by atoms with Gasteiger partial charge in [-0.25, -0.2) is 13.2 Å². The van der Waals surface area contributed by atoms with Crippen molar-refractivity contribution in [3.63, 3.8) is 0 Å². The van der Waals surface area contributed by atoms with Crippen LogP contribution in [0.5, 0.6) is 0 Å². The molecule has 4 rings (SSSR count). The number of amides is 1. The molecule has 1 unspecified atom stereocenters. The van der Waals surface area contributed by atoms with E-state index in [1.807, 2.05) is 0 Å². The molecule has 7 nitrogen and oxygen atoms in total. The lowest BCUT2D eigenvalue weighted by molar-refractivity contribution is -0.119. The minimum absolute atomic E-state index is 0.119. The minimum atomic E-state index is -3.82. The van der Waals surface area contributed by atoms with Crippen LogP contribution in [0, 0.1) is 0 Å². The van der Waals surface area contributed by atoms with Gasteiger partial charge in [-0.05, 0) is 56.2 Å². The summed E-state index contributed by atoms with van der Waals surface area (Å²) < 4.78 is 32.7. The molecule has 11 heteroatoms. The first kappa shape index (κ1) is 21.8. The summed E-state index contributed by atoms with van der Waals surface area (Å²) in [7, 11) is -2.50. The summed E-state index contributed by atoms with van der Waals surface area (Å²) in [5.74, 6) is -0.906. The van der Waals surface area contributed by atoms with Crippen molar-refractivity contribution < 1.29 is 22.7 Å². The Morgan fingerprint density at radius 3 is 2.67 bits per heavy atom. The second-order valence-corrected chi connectivity index (χ2v) is 12.2. The number of nitrogens with one attached hydrogen (secondary N) is 1. The fourth-order valence-corrected chi connectivity index (χ4v) is 8.56. The van der Waals surface area contributed by atoms with Crippen LogP contribution in [0.2, 0.25) is 4.34 Å². The highest BCUT2D eigenvalue weighted by atomic mass is 35.5. The molecule has 2 aromatic heterocycles. The van der Waals surface area contributed by atoms with Crippen LogP contribution in [0.4, 0.5) is 5.00 Å².